The number of rotatable bonds is 4. The number of hydrogen-bond acceptors (Lipinski definition) is 4. The molecule has 5 nitrogen and oxygen atoms in total. The molecule has 1 heterocycles. The molecule has 0 aliphatic rings. The summed E-state index contributed by atoms with van der Waals surface area (Å²) in [7, 11) is 0. The van der Waals surface area contributed by atoms with E-state index in [1.807, 2.05) is 83.1 Å². The number of amides is 1. The summed E-state index contributed by atoms with van der Waals surface area (Å²) in [6.45, 7) is 10.3. The lowest BCUT2D eigenvalue weighted by atomic mass is 10.0. The number of aryl methyl sites for hydroxylation is 2. The number of aromatic nitrogens is 2. The predicted molar refractivity (Wildman–Crippen MR) is 105 cm³/mol. The Balaban J connectivity index is 1.87. The molecule has 0 N–H and O–H groups in total. The molecule has 3 aromatic rings. The van der Waals surface area contributed by atoms with Gasteiger partial charge in [-0.1, -0.05) is 41.6 Å². The first-order valence-electron chi connectivity index (χ1n) is 9.03. The van der Waals surface area contributed by atoms with Gasteiger partial charge < -0.3 is 9.42 Å². The molecule has 0 spiro atoms. The van der Waals surface area contributed by atoms with Gasteiger partial charge in [0, 0.05) is 16.7 Å². The first-order valence-corrected chi connectivity index (χ1v) is 9.03. The van der Waals surface area contributed by atoms with E-state index in [1.54, 1.807) is 4.90 Å². The minimum atomic E-state index is -0.392. The van der Waals surface area contributed by atoms with Crippen LogP contribution in [0, 0.1) is 13.8 Å². The van der Waals surface area contributed by atoms with Crippen LogP contribution in [0.3, 0.4) is 0 Å². The van der Waals surface area contributed by atoms with Crippen molar-refractivity contribution in [2.24, 2.45) is 0 Å². The molecule has 0 bridgehead atoms. The average molecular weight is 363 g/mol. The molecule has 1 amide bonds. The van der Waals surface area contributed by atoms with E-state index in [9.17, 15) is 4.79 Å². The van der Waals surface area contributed by atoms with E-state index in [-0.39, 0.29) is 12.5 Å². The fourth-order valence-corrected chi connectivity index (χ4v) is 2.80. The molecule has 0 saturated heterocycles. The first-order chi connectivity index (χ1) is 12.8. The van der Waals surface area contributed by atoms with Gasteiger partial charge in [-0.15, -0.1) is 0 Å². The standard InChI is InChI=1S/C22H25N3O2/c1-15-11-12-18(13-16(15)2)21(26)25(22(3,4)5)14-19-23-20(24-27-19)17-9-7-6-8-10-17/h6-13H,14H2,1-5H3. The van der Waals surface area contributed by atoms with E-state index >= 15 is 0 Å². The zero-order chi connectivity index (χ0) is 19.6. The summed E-state index contributed by atoms with van der Waals surface area (Å²) in [6, 6.07) is 15.4. The van der Waals surface area contributed by atoms with Crippen LogP contribution in [-0.2, 0) is 6.54 Å². The third-order valence-corrected chi connectivity index (χ3v) is 4.60. The third-order valence-electron chi connectivity index (χ3n) is 4.60. The van der Waals surface area contributed by atoms with Gasteiger partial charge in [0.2, 0.25) is 11.7 Å². The Hall–Kier alpha value is -2.95. The molecule has 0 saturated carbocycles. The highest BCUT2D eigenvalue weighted by Gasteiger charge is 2.29. The van der Waals surface area contributed by atoms with Gasteiger partial charge in [0.05, 0.1) is 0 Å². The summed E-state index contributed by atoms with van der Waals surface area (Å²) in [4.78, 5) is 19.4. The van der Waals surface area contributed by atoms with Crippen LogP contribution in [0.15, 0.2) is 53.1 Å². The molecule has 5 heteroatoms. The van der Waals surface area contributed by atoms with Crippen LogP contribution in [0.5, 0.6) is 0 Å². The van der Waals surface area contributed by atoms with Gasteiger partial charge in [0.25, 0.3) is 5.91 Å². The van der Waals surface area contributed by atoms with E-state index in [1.165, 1.54) is 5.56 Å². The molecule has 0 atom stereocenters. The summed E-state index contributed by atoms with van der Waals surface area (Å²) in [6.07, 6.45) is 0. The Kier molecular flexibility index (Phi) is 5.13. The van der Waals surface area contributed by atoms with Crippen LogP contribution in [0.1, 0.15) is 48.1 Å². The van der Waals surface area contributed by atoms with Crippen molar-refractivity contribution in [3.05, 3.63) is 71.1 Å². The highest BCUT2D eigenvalue weighted by atomic mass is 16.5. The number of nitrogens with zero attached hydrogens (tertiary/aromatic N) is 3. The maximum absolute atomic E-state index is 13.2. The fourth-order valence-electron chi connectivity index (χ4n) is 2.80. The second kappa shape index (κ2) is 7.35. The molecule has 0 fully saturated rings. The molecule has 1 aromatic heterocycles. The van der Waals surface area contributed by atoms with Gasteiger partial charge in [-0.3, -0.25) is 4.79 Å². The average Bonchev–Trinajstić information content (AvgIpc) is 3.10. The maximum atomic E-state index is 13.2. The Morgan fingerprint density at radius 2 is 1.74 bits per heavy atom. The van der Waals surface area contributed by atoms with Crippen LogP contribution < -0.4 is 0 Å². The molecule has 3 rings (SSSR count). The topological polar surface area (TPSA) is 59.2 Å². The number of hydrogen-bond donors (Lipinski definition) is 0. The van der Waals surface area contributed by atoms with Gasteiger partial charge in [-0.05, 0) is 57.9 Å². The van der Waals surface area contributed by atoms with E-state index in [0.717, 1.165) is 11.1 Å². The van der Waals surface area contributed by atoms with E-state index in [4.69, 9.17) is 4.52 Å². The van der Waals surface area contributed by atoms with Crippen LogP contribution in [0.2, 0.25) is 0 Å². The lowest BCUT2D eigenvalue weighted by Gasteiger charge is -2.34. The highest BCUT2D eigenvalue weighted by Crippen LogP contribution is 2.23. The molecule has 0 aliphatic carbocycles. The molecule has 2 aromatic carbocycles. The minimum absolute atomic E-state index is 0.0509. The second-order valence-electron chi connectivity index (χ2n) is 7.74. The Bertz CT molecular complexity index is 940. The van der Waals surface area contributed by atoms with Crippen LogP contribution in [-0.4, -0.2) is 26.5 Å². The molecule has 0 unspecified atom stereocenters. The lowest BCUT2D eigenvalue weighted by molar-refractivity contribution is 0.0526. The summed E-state index contributed by atoms with van der Waals surface area (Å²) in [5.74, 6) is 0.893. The highest BCUT2D eigenvalue weighted by molar-refractivity contribution is 5.95. The number of benzene rings is 2. The Morgan fingerprint density at radius 3 is 2.37 bits per heavy atom. The first kappa shape index (κ1) is 18.8. The molecular formula is C22H25N3O2. The number of carbonyl (C=O) groups is 1. The predicted octanol–water partition coefficient (Wildman–Crippen LogP) is 4.79. The molecule has 0 aliphatic heterocycles. The number of carbonyl (C=O) groups excluding carboxylic acids is 1. The summed E-state index contributed by atoms with van der Waals surface area (Å²) in [5.41, 5.74) is 3.42. The van der Waals surface area contributed by atoms with Crippen molar-refractivity contribution >= 4 is 5.91 Å². The van der Waals surface area contributed by atoms with Crippen molar-refractivity contribution in [3.63, 3.8) is 0 Å². The van der Waals surface area contributed by atoms with Crippen molar-refractivity contribution in [2.75, 3.05) is 0 Å². The minimum Gasteiger partial charge on any atom is -0.337 e. The summed E-state index contributed by atoms with van der Waals surface area (Å²) < 4.78 is 5.42. The molecule has 27 heavy (non-hydrogen) atoms. The quantitative estimate of drug-likeness (QED) is 0.668. The second-order valence-corrected chi connectivity index (χ2v) is 7.74. The van der Waals surface area contributed by atoms with Crippen molar-refractivity contribution < 1.29 is 9.32 Å². The van der Waals surface area contributed by atoms with Crippen molar-refractivity contribution in [2.45, 2.75) is 46.7 Å². The Morgan fingerprint density at radius 1 is 1.04 bits per heavy atom. The van der Waals surface area contributed by atoms with Crippen molar-refractivity contribution in [1.29, 1.82) is 0 Å². The van der Waals surface area contributed by atoms with Crippen LogP contribution in [0.4, 0.5) is 0 Å². The molecular weight excluding hydrogens is 338 g/mol. The zero-order valence-electron chi connectivity index (χ0n) is 16.5. The van der Waals surface area contributed by atoms with E-state index < -0.39 is 5.54 Å². The monoisotopic (exact) mass is 363 g/mol. The zero-order valence-corrected chi connectivity index (χ0v) is 16.5. The van der Waals surface area contributed by atoms with Gasteiger partial charge >= 0.3 is 0 Å². The molecule has 0 radical (unpaired) electrons. The van der Waals surface area contributed by atoms with Gasteiger partial charge in [0.15, 0.2) is 0 Å². The normalized spacial score (nSPS) is 11.4. The van der Waals surface area contributed by atoms with E-state index in [0.29, 0.717) is 17.3 Å². The van der Waals surface area contributed by atoms with Gasteiger partial charge in [0.1, 0.15) is 6.54 Å². The largest absolute Gasteiger partial charge is 0.337 e. The van der Waals surface area contributed by atoms with Crippen molar-refractivity contribution in [3.8, 4) is 11.4 Å². The maximum Gasteiger partial charge on any atom is 0.254 e. The van der Waals surface area contributed by atoms with Crippen LogP contribution >= 0.6 is 0 Å². The fraction of sp³-hybridized carbons (Fsp3) is 0.318. The third kappa shape index (κ3) is 4.25. The van der Waals surface area contributed by atoms with Crippen molar-refractivity contribution in [1.82, 2.24) is 15.0 Å². The SMILES string of the molecule is Cc1ccc(C(=O)N(Cc2nc(-c3ccccc3)no2)C(C)(C)C)cc1C. The lowest BCUT2D eigenvalue weighted by Crippen LogP contribution is -2.45. The molecule has 140 valence electrons. The summed E-state index contributed by atoms with van der Waals surface area (Å²) >= 11 is 0. The van der Waals surface area contributed by atoms with Crippen LogP contribution in [0.25, 0.3) is 11.4 Å². The van der Waals surface area contributed by atoms with Gasteiger partial charge in [-0.2, -0.15) is 4.98 Å². The van der Waals surface area contributed by atoms with Gasteiger partial charge in [-0.25, -0.2) is 0 Å². The smallest absolute Gasteiger partial charge is 0.254 e. The summed E-state index contributed by atoms with van der Waals surface area (Å²) in [5, 5.41) is 4.06. The van der Waals surface area contributed by atoms with E-state index in [2.05, 4.69) is 10.1 Å². The Labute approximate surface area is 160 Å².